The van der Waals surface area contributed by atoms with Gasteiger partial charge in [-0.2, -0.15) is 9.78 Å². The van der Waals surface area contributed by atoms with Crippen LogP contribution in [0.4, 0.5) is 22.0 Å². The molecular weight excluding hydrogens is 501 g/mol. The van der Waals surface area contributed by atoms with Crippen molar-refractivity contribution < 1.29 is 31.8 Å². The highest BCUT2D eigenvalue weighted by Crippen LogP contribution is 2.36. The van der Waals surface area contributed by atoms with Crippen LogP contribution in [0.15, 0.2) is 61.5 Å². The van der Waals surface area contributed by atoms with Crippen molar-refractivity contribution in [2.45, 2.75) is 31.9 Å². The molecule has 2 aromatic carbocycles. The maximum Gasteiger partial charge on any atom is 0.573 e. The molecule has 2 aromatic heterocycles. The van der Waals surface area contributed by atoms with E-state index in [0.29, 0.717) is 11.6 Å². The SMILES string of the molecule is C[C@@H](C/C=C/c1ccc(-n2cnnn2)c(OC(F)(F)F)c1)[C@](O)(Cn1cncn1)c1ccc(F)cc1F. The second kappa shape index (κ2) is 10.4. The predicted octanol–water partition coefficient (Wildman–Crippen LogP) is 4.06. The van der Waals surface area contributed by atoms with E-state index < -0.39 is 35.3 Å². The molecule has 0 radical (unpaired) electrons. The highest BCUT2D eigenvalue weighted by Gasteiger charge is 2.38. The molecule has 0 spiro atoms. The van der Waals surface area contributed by atoms with Crippen LogP contribution in [-0.2, 0) is 12.1 Å². The highest BCUT2D eigenvalue weighted by atomic mass is 19.4. The minimum absolute atomic E-state index is 0.0261. The van der Waals surface area contributed by atoms with Crippen molar-refractivity contribution in [2.75, 3.05) is 0 Å². The third-order valence-corrected chi connectivity index (χ3v) is 5.69. The fraction of sp³-hybridized carbons (Fsp3) is 0.261. The van der Waals surface area contributed by atoms with Gasteiger partial charge in [-0.1, -0.05) is 31.2 Å². The number of allylic oxidation sites excluding steroid dienone is 1. The number of nitrogens with zero attached hydrogens (tertiary/aromatic N) is 7. The Kier molecular flexibility index (Phi) is 7.29. The number of aliphatic hydroxyl groups is 1. The van der Waals surface area contributed by atoms with Crippen molar-refractivity contribution >= 4 is 6.08 Å². The standard InChI is InChI=1S/C23H20F5N7O2/c1-15(22(36,11-34-13-29-12-31-34)18-7-6-17(24)10-19(18)25)3-2-4-16-5-8-20(35-14-30-32-33-35)21(9-16)37-23(26,27)28/h2,4-10,12-15,36H,3,11H2,1H3/b4-2+/t15-,22+/m0/s1. The molecule has 4 aromatic rings. The minimum atomic E-state index is -4.95. The number of benzene rings is 2. The van der Waals surface area contributed by atoms with E-state index in [4.69, 9.17) is 0 Å². The number of tetrazole rings is 1. The van der Waals surface area contributed by atoms with Crippen molar-refractivity contribution in [1.82, 2.24) is 35.0 Å². The van der Waals surface area contributed by atoms with Gasteiger partial charge in [0.1, 0.15) is 41.9 Å². The first-order valence-electron chi connectivity index (χ1n) is 10.8. The summed E-state index contributed by atoms with van der Waals surface area (Å²) in [5, 5.41) is 25.9. The van der Waals surface area contributed by atoms with Crippen LogP contribution < -0.4 is 4.74 Å². The topological polar surface area (TPSA) is 104 Å². The molecule has 0 saturated carbocycles. The number of aromatic nitrogens is 7. The van der Waals surface area contributed by atoms with Gasteiger partial charge in [0.25, 0.3) is 0 Å². The van der Waals surface area contributed by atoms with Crippen molar-refractivity contribution in [1.29, 1.82) is 0 Å². The fourth-order valence-corrected chi connectivity index (χ4v) is 3.81. The summed E-state index contributed by atoms with van der Waals surface area (Å²) in [6.07, 6.45) is 2.10. The Morgan fingerprint density at radius 1 is 1.11 bits per heavy atom. The Bertz CT molecular complexity index is 1360. The van der Waals surface area contributed by atoms with E-state index in [1.807, 2.05) is 0 Å². The van der Waals surface area contributed by atoms with Crippen molar-refractivity contribution in [3.8, 4) is 11.4 Å². The molecule has 9 nitrogen and oxygen atoms in total. The monoisotopic (exact) mass is 521 g/mol. The number of ether oxygens (including phenoxy) is 1. The van der Waals surface area contributed by atoms with Crippen LogP contribution in [0.5, 0.6) is 5.75 Å². The molecule has 37 heavy (non-hydrogen) atoms. The normalized spacial score (nSPS) is 14.6. The van der Waals surface area contributed by atoms with Crippen LogP contribution >= 0.6 is 0 Å². The van der Waals surface area contributed by atoms with E-state index >= 15 is 0 Å². The minimum Gasteiger partial charge on any atom is -0.403 e. The van der Waals surface area contributed by atoms with E-state index in [1.54, 1.807) is 13.0 Å². The molecule has 0 aliphatic heterocycles. The van der Waals surface area contributed by atoms with Crippen LogP contribution in [0.2, 0.25) is 0 Å². The van der Waals surface area contributed by atoms with Crippen LogP contribution in [-0.4, -0.2) is 46.4 Å². The number of halogens is 5. The van der Waals surface area contributed by atoms with Gasteiger partial charge in [-0.3, -0.25) is 0 Å². The summed E-state index contributed by atoms with van der Waals surface area (Å²) < 4.78 is 73.6. The van der Waals surface area contributed by atoms with Crippen LogP contribution in [0.3, 0.4) is 0 Å². The second-order valence-corrected chi connectivity index (χ2v) is 8.21. The molecule has 0 saturated heterocycles. The Labute approximate surface area is 206 Å². The fourth-order valence-electron chi connectivity index (χ4n) is 3.81. The van der Waals surface area contributed by atoms with Crippen LogP contribution in [0.25, 0.3) is 11.8 Å². The van der Waals surface area contributed by atoms with Gasteiger partial charge in [-0.25, -0.2) is 18.4 Å². The average molecular weight is 521 g/mol. The maximum absolute atomic E-state index is 14.7. The first-order valence-corrected chi connectivity index (χ1v) is 10.8. The first-order chi connectivity index (χ1) is 17.5. The molecular formula is C23H20F5N7O2. The number of rotatable bonds is 9. The zero-order chi connectivity index (χ0) is 26.6. The Morgan fingerprint density at radius 3 is 2.57 bits per heavy atom. The molecule has 0 aliphatic carbocycles. The smallest absolute Gasteiger partial charge is 0.403 e. The van der Waals surface area contributed by atoms with E-state index in [9.17, 15) is 27.1 Å². The molecule has 0 unspecified atom stereocenters. The van der Waals surface area contributed by atoms with Gasteiger partial charge in [0.15, 0.2) is 5.75 Å². The zero-order valence-electron chi connectivity index (χ0n) is 19.2. The van der Waals surface area contributed by atoms with Crippen LogP contribution in [0.1, 0.15) is 24.5 Å². The van der Waals surface area contributed by atoms with E-state index in [2.05, 4.69) is 30.3 Å². The Morgan fingerprint density at radius 2 is 1.92 bits per heavy atom. The summed E-state index contributed by atoms with van der Waals surface area (Å²) in [6.45, 7) is 1.48. The summed E-state index contributed by atoms with van der Waals surface area (Å²) >= 11 is 0. The lowest BCUT2D eigenvalue weighted by atomic mass is 9.80. The highest BCUT2D eigenvalue weighted by molar-refractivity contribution is 5.58. The van der Waals surface area contributed by atoms with Gasteiger partial charge < -0.3 is 9.84 Å². The summed E-state index contributed by atoms with van der Waals surface area (Å²) in [7, 11) is 0. The number of hydrogen-bond donors (Lipinski definition) is 1. The number of alkyl halides is 3. The van der Waals surface area contributed by atoms with Crippen molar-refractivity contribution in [3.05, 3.63) is 84.2 Å². The lowest BCUT2D eigenvalue weighted by Crippen LogP contribution is -2.39. The molecule has 0 fully saturated rings. The molecule has 194 valence electrons. The van der Waals surface area contributed by atoms with Crippen molar-refractivity contribution in [2.24, 2.45) is 5.92 Å². The first kappa shape index (κ1) is 25.9. The Hall–Kier alpha value is -4.20. The lowest BCUT2D eigenvalue weighted by Gasteiger charge is -2.34. The summed E-state index contributed by atoms with van der Waals surface area (Å²) in [5.41, 5.74) is -1.61. The van der Waals surface area contributed by atoms with Crippen molar-refractivity contribution in [3.63, 3.8) is 0 Å². The van der Waals surface area contributed by atoms with E-state index in [-0.39, 0.29) is 24.2 Å². The van der Waals surface area contributed by atoms with Gasteiger partial charge in [0.05, 0.1) is 6.54 Å². The maximum atomic E-state index is 14.7. The molecule has 1 N–H and O–H groups in total. The molecule has 2 heterocycles. The van der Waals surface area contributed by atoms with Gasteiger partial charge in [-0.15, -0.1) is 18.3 Å². The molecule has 4 rings (SSSR count). The van der Waals surface area contributed by atoms with Gasteiger partial charge >= 0.3 is 6.36 Å². The predicted molar refractivity (Wildman–Crippen MR) is 119 cm³/mol. The lowest BCUT2D eigenvalue weighted by molar-refractivity contribution is -0.274. The summed E-state index contributed by atoms with van der Waals surface area (Å²) in [4.78, 5) is 3.82. The van der Waals surface area contributed by atoms with Gasteiger partial charge in [0.2, 0.25) is 0 Å². The summed E-state index contributed by atoms with van der Waals surface area (Å²) in [6, 6.07) is 6.94. The second-order valence-electron chi connectivity index (χ2n) is 8.21. The van der Waals surface area contributed by atoms with Crippen LogP contribution in [0, 0.1) is 17.6 Å². The van der Waals surface area contributed by atoms with E-state index in [1.165, 1.54) is 41.6 Å². The molecule has 0 aliphatic rings. The molecule has 2 atom stereocenters. The number of hydrogen-bond acceptors (Lipinski definition) is 7. The zero-order valence-corrected chi connectivity index (χ0v) is 19.2. The van der Waals surface area contributed by atoms with E-state index in [0.717, 1.165) is 23.1 Å². The third-order valence-electron chi connectivity index (χ3n) is 5.69. The largest absolute Gasteiger partial charge is 0.573 e. The average Bonchev–Trinajstić information content (AvgIpc) is 3.52. The molecule has 0 amide bonds. The molecule has 14 heteroatoms. The van der Waals surface area contributed by atoms with Gasteiger partial charge in [-0.05, 0) is 46.5 Å². The van der Waals surface area contributed by atoms with Gasteiger partial charge in [0, 0.05) is 11.6 Å². The molecule has 0 bridgehead atoms. The third kappa shape index (κ3) is 6.14. The quantitative estimate of drug-likeness (QED) is 0.332. The Balaban J connectivity index is 1.59. The summed E-state index contributed by atoms with van der Waals surface area (Å²) in [5.74, 6) is -2.88.